The summed E-state index contributed by atoms with van der Waals surface area (Å²) >= 11 is 2.15. The second-order valence-corrected chi connectivity index (χ2v) is 4.26. The Morgan fingerprint density at radius 2 is 2.20 bits per heavy atom. The second-order valence-electron chi connectivity index (χ2n) is 3.09. The van der Waals surface area contributed by atoms with E-state index in [2.05, 4.69) is 32.6 Å². The lowest BCUT2D eigenvalue weighted by atomic mass is 10.2. The van der Waals surface area contributed by atoms with Gasteiger partial charge in [-0.1, -0.05) is 12.1 Å². The van der Waals surface area contributed by atoms with Crippen LogP contribution in [0.15, 0.2) is 36.8 Å². The minimum Gasteiger partial charge on any atom is -0.438 e. The van der Waals surface area contributed by atoms with Gasteiger partial charge in [-0.2, -0.15) is 0 Å². The highest BCUT2D eigenvalue weighted by atomic mass is 127. The molecule has 4 heteroatoms. The summed E-state index contributed by atoms with van der Waals surface area (Å²) in [6.45, 7) is 2.03. The minimum absolute atomic E-state index is 0.594. The van der Waals surface area contributed by atoms with Crippen molar-refractivity contribution in [2.24, 2.45) is 0 Å². The second kappa shape index (κ2) is 4.57. The number of hydrogen-bond donors (Lipinski definition) is 0. The lowest BCUT2D eigenvalue weighted by molar-refractivity contribution is 0.457. The van der Waals surface area contributed by atoms with Crippen LogP contribution in [0.1, 0.15) is 5.56 Å². The third kappa shape index (κ3) is 2.65. The molecule has 0 N–H and O–H groups in total. The van der Waals surface area contributed by atoms with Gasteiger partial charge < -0.3 is 4.74 Å². The quantitative estimate of drug-likeness (QED) is 0.799. The van der Waals surface area contributed by atoms with Crippen molar-refractivity contribution >= 4 is 22.6 Å². The summed E-state index contributed by atoms with van der Waals surface area (Å²) in [6.07, 6.45) is 3.20. The molecule has 0 amide bonds. The molecular formula is C11H9IN2O. The Morgan fingerprint density at radius 3 is 2.93 bits per heavy atom. The summed E-state index contributed by atoms with van der Waals surface area (Å²) in [5, 5.41) is 0. The lowest BCUT2D eigenvalue weighted by Gasteiger charge is -2.05. The number of aromatic nitrogens is 2. The van der Waals surface area contributed by atoms with Crippen LogP contribution < -0.4 is 4.74 Å². The Balaban J connectivity index is 2.26. The number of hydrogen-bond acceptors (Lipinski definition) is 3. The minimum atomic E-state index is 0.594. The van der Waals surface area contributed by atoms with E-state index < -0.39 is 0 Å². The average molecular weight is 312 g/mol. The molecule has 0 spiro atoms. The van der Waals surface area contributed by atoms with Crippen molar-refractivity contribution < 1.29 is 4.74 Å². The molecule has 1 aromatic carbocycles. The number of ether oxygens (including phenoxy) is 1. The SMILES string of the molecule is Cc1cccc(Oc2ncncc2I)c1. The van der Waals surface area contributed by atoms with Crippen molar-refractivity contribution in [3.05, 3.63) is 45.9 Å². The van der Waals surface area contributed by atoms with Crippen molar-refractivity contribution in [3.8, 4) is 11.6 Å². The molecule has 0 aliphatic heterocycles. The van der Waals surface area contributed by atoms with Crippen molar-refractivity contribution in [3.63, 3.8) is 0 Å². The Morgan fingerprint density at radius 1 is 1.33 bits per heavy atom. The normalized spacial score (nSPS) is 10.0. The van der Waals surface area contributed by atoms with Crippen molar-refractivity contribution in [2.75, 3.05) is 0 Å². The molecule has 1 aromatic heterocycles. The molecule has 76 valence electrons. The van der Waals surface area contributed by atoms with Gasteiger partial charge in [0.15, 0.2) is 0 Å². The van der Waals surface area contributed by atoms with Crippen LogP contribution in [0.3, 0.4) is 0 Å². The number of benzene rings is 1. The topological polar surface area (TPSA) is 35.0 Å². The maximum atomic E-state index is 5.63. The average Bonchev–Trinajstić information content (AvgIpc) is 2.22. The molecule has 3 nitrogen and oxygen atoms in total. The third-order valence-corrected chi connectivity index (χ3v) is 2.58. The fourth-order valence-corrected chi connectivity index (χ4v) is 1.58. The Hall–Kier alpha value is -1.17. The highest BCUT2D eigenvalue weighted by molar-refractivity contribution is 14.1. The smallest absolute Gasteiger partial charge is 0.235 e. The summed E-state index contributed by atoms with van der Waals surface area (Å²) in [6, 6.07) is 7.86. The zero-order valence-corrected chi connectivity index (χ0v) is 10.3. The van der Waals surface area contributed by atoms with Gasteiger partial charge in [-0.25, -0.2) is 9.97 Å². The zero-order chi connectivity index (χ0) is 10.7. The van der Waals surface area contributed by atoms with Crippen LogP contribution in [0.4, 0.5) is 0 Å². The Labute approximate surface area is 102 Å². The van der Waals surface area contributed by atoms with Gasteiger partial charge in [0.25, 0.3) is 0 Å². The Bertz CT molecular complexity index is 474. The van der Waals surface area contributed by atoms with Gasteiger partial charge in [0, 0.05) is 6.20 Å². The molecule has 0 atom stereocenters. The largest absolute Gasteiger partial charge is 0.438 e. The highest BCUT2D eigenvalue weighted by Gasteiger charge is 2.03. The van der Waals surface area contributed by atoms with Crippen LogP contribution in [0.25, 0.3) is 0 Å². The van der Waals surface area contributed by atoms with Crippen molar-refractivity contribution in [1.82, 2.24) is 9.97 Å². The first kappa shape index (κ1) is 10.4. The third-order valence-electron chi connectivity index (χ3n) is 1.84. The van der Waals surface area contributed by atoms with Crippen molar-refractivity contribution in [1.29, 1.82) is 0 Å². The summed E-state index contributed by atoms with van der Waals surface area (Å²) in [5.41, 5.74) is 1.16. The molecule has 0 aliphatic rings. The van der Waals surface area contributed by atoms with Gasteiger partial charge in [-0.05, 0) is 47.2 Å². The van der Waals surface area contributed by atoms with Gasteiger partial charge in [-0.3, -0.25) is 0 Å². The fraction of sp³-hybridized carbons (Fsp3) is 0.0909. The van der Waals surface area contributed by atoms with Gasteiger partial charge >= 0.3 is 0 Å². The summed E-state index contributed by atoms with van der Waals surface area (Å²) < 4.78 is 6.53. The standard InChI is InChI=1S/C11H9IN2O/c1-8-3-2-4-9(5-8)15-11-10(12)6-13-7-14-11/h2-7H,1H3. The first-order valence-electron chi connectivity index (χ1n) is 4.46. The first-order chi connectivity index (χ1) is 7.25. The van der Waals surface area contributed by atoms with Crippen LogP contribution in [0.2, 0.25) is 0 Å². The molecule has 0 aliphatic carbocycles. The fourth-order valence-electron chi connectivity index (χ4n) is 1.17. The summed E-state index contributed by atoms with van der Waals surface area (Å²) in [7, 11) is 0. The van der Waals surface area contributed by atoms with E-state index in [0.717, 1.165) is 14.9 Å². The molecule has 0 saturated carbocycles. The van der Waals surface area contributed by atoms with E-state index in [1.807, 2.05) is 31.2 Å². The van der Waals surface area contributed by atoms with Gasteiger partial charge in [0.05, 0.1) is 3.57 Å². The maximum Gasteiger partial charge on any atom is 0.235 e. The number of aryl methyl sites for hydroxylation is 1. The molecule has 0 radical (unpaired) electrons. The van der Waals surface area contributed by atoms with E-state index in [9.17, 15) is 0 Å². The molecule has 15 heavy (non-hydrogen) atoms. The molecule has 0 unspecified atom stereocenters. The van der Waals surface area contributed by atoms with E-state index in [1.165, 1.54) is 6.33 Å². The predicted octanol–water partition coefficient (Wildman–Crippen LogP) is 3.18. The van der Waals surface area contributed by atoms with E-state index >= 15 is 0 Å². The van der Waals surface area contributed by atoms with Gasteiger partial charge in [-0.15, -0.1) is 0 Å². The monoisotopic (exact) mass is 312 g/mol. The molecule has 0 bridgehead atoms. The Kier molecular flexibility index (Phi) is 3.15. The van der Waals surface area contributed by atoms with Gasteiger partial charge in [0.2, 0.25) is 5.88 Å². The highest BCUT2D eigenvalue weighted by Crippen LogP contribution is 2.23. The predicted molar refractivity (Wildman–Crippen MR) is 66.0 cm³/mol. The van der Waals surface area contributed by atoms with Crippen LogP contribution in [-0.2, 0) is 0 Å². The van der Waals surface area contributed by atoms with Crippen LogP contribution >= 0.6 is 22.6 Å². The lowest BCUT2D eigenvalue weighted by Crippen LogP contribution is -1.91. The first-order valence-corrected chi connectivity index (χ1v) is 5.53. The molecule has 0 saturated heterocycles. The number of nitrogens with zero attached hydrogens (tertiary/aromatic N) is 2. The van der Waals surface area contributed by atoms with Crippen LogP contribution in [-0.4, -0.2) is 9.97 Å². The number of halogens is 1. The summed E-state index contributed by atoms with van der Waals surface area (Å²) in [4.78, 5) is 7.97. The van der Waals surface area contributed by atoms with Gasteiger partial charge in [0.1, 0.15) is 12.1 Å². The zero-order valence-electron chi connectivity index (χ0n) is 8.14. The van der Waals surface area contributed by atoms with Crippen LogP contribution in [0.5, 0.6) is 11.6 Å². The van der Waals surface area contributed by atoms with E-state index in [1.54, 1.807) is 6.20 Å². The van der Waals surface area contributed by atoms with Crippen LogP contribution in [0, 0.1) is 10.5 Å². The van der Waals surface area contributed by atoms with E-state index in [-0.39, 0.29) is 0 Å². The van der Waals surface area contributed by atoms with Crippen molar-refractivity contribution in [2.45, 2.75) is 6.92 Å². The maximum absolute atomic E-state index is 5.63. The van der Waals surface area contributed by atoms with E-state index in [0.29, 0.717) is 5.88 Å². The molecule has 1 heterocycles. The van der Waals surface area contributed by atoms with E-state index in [4.69, 9.17) is 4.74 Å². The molecular weight excluding hydrogens is 303 g/mol. The molecule has 2 rings (SSSR count). The molecule has 2 aromatic rings. The molecule has 0 fully saturated rings. The summed E-state index contributed by atoms with van der Waals surface area (Å²) in [5.74, 6) is 1.39. The number of rotatable bonds is 2.